The number of aromatic nitrogens is 2. The molecule has 0 amide bonds. The van der Waals surface area contributed by atoms with Crippen molar-refractivity contribution in [2.45, 2.75) is 19.8 Å². The summed E-state index contributed by atoms with van der Waals surface area (Å²) in [5.41, 5.74) is 2.64. The molecule has 0 radical (unpaired) electrons. The molecule has 0 N–H and O–H groups in total. The predicted molar refractivity (Wildman–Crippen MR) is 91.6 cm³/mol. The van der Waals surface area contributed by atoms with Crippen LogP contribution in [-0.2, 0) is 4.79 Å². The fourth-order valence-corrected chi connectivity index (χ4v) is 2.31. The van der Waals surface area contributed by atoms with Crippen LogP contribution in [0.25, 0.3) is 23.2 Å². The monoisotopic (exact) mass is 306 g/mol. The van der Waals surface area contributed by atoms with Gasteiger partial charge in [0.15, 0.2) is 5.82 Å². The number of carbonyl (C=O) groups is 1. The van der Waals surface area contributed by atoms with E-state index in [4.69, 9.17) is 4.84 Å². The van der Waals surface area contributed by atoms with Gasteiger partial charge in [-0.2, -0.15) is 4.73 Å². The maximum Gasteiger partial charge on any atom is 0.332 e. The number of benzene rings is 2. The van der Waals surface area contributed by atoms with Crippen molar-refractivity contribution in [1.29, 1.82) is 0 Å². The first-order valence-electron chi connectivity index (χ1n) is 7.69. The molecule has 0 spiro atoms. The van der Waals surface area contributed by atoms with E-state index in [1.807, 2.05) is 73.7 Å². The average Bonchev–Trinajstić information content (AvgIpc) is 2.92. The maximum absolute atomic E-state index is 11.9. The third kappa shape index (κ3) is 3.48. The largest absolute Gasteiger partial charge is 0.334 e. The van der Waals surface area contributed by atoms with E-state index < -0.39 is 0 Å². The molecule has 0 atom stereocenters. The van der Waals surface area contributed by atoms with Gasteiger partial charge in [-0.05, 0) is 30.2 Å². The smallest absolute Gasteiger partial charge is 0.332 e. The lowest BCUT2D eigenvalue weighted by molar-refractivity contribution is -0.143. The van der Waals surface area contributed by atoms with Gasteiger partial charge in [-0.3, -0.25) is 0 Å². The highest BCUT2D eigenvalue weighted by Crippen LogP contribution is 2.17. The molecule has 0 aliphatic carbocycles. The summed E-state index contributed by atoms with van der Waals surface area (Å²) in [5.74, 6) is 0.338. The highest BCUT2D eigenvalue weighted by Gasteiger charge is 2.12. The summed E-state index contributed by atoms with van der Waals surface area (Å²) in [6.07, 6.45) is 4.94. The van der Waals surface area contributed by atoms with Crippen LogP contribution in [0.2, 0.25) is 0 Å². The number of rotatable bonds is 5. The summed E-state index contributed by atoms with van der Waals surface area (Å²) in [6.45, 7) is 1.95. The van der Waals surface area contributed by atoms with Crippen molar-refractivity contribution in [3.63, 3.8) is 0 Å². The van der Waals surface area contributed by atoms with Gasteiger partial charge in [0.1, 0.15) is 5.52 Å². The molecule has 23 heavy (non-hydrogen) atoms. The van der Waals surface area contributed by atoms with Crippen molar-refractivity contribution in [3.05, 3.63) is 66.0 Å². The second kappa shape index (κ2) is 6.92. The van der Waals surface area contributed by atoms with Crippen molar-refractivity contribution in [2.24, 2.45) is 0 Å². The van der Waals surface area contributed by atoms with E-state index in [0.717, 1.165) is 23.0 Å². The van der Waals surface area contributed by atoms with Crippen LogP contribution in [0.1, 0.15) is 31.2 Å². The summed E-state index contributed by atoms with van der Waals surface area (Å²) >= 11 is 0. The van der Waals surface area contributed by atoms with Crippen LogP contribution in [0.4, 0.5) is 0 Å². The Morgan fingerprint density at radius 3 is 2.61 bits per heavy atom. The second-order valence-corrected chi connectivity index (χ2v) is 5.21. The van der Waals surface area contributed by atoms with Crippen LogP contribution in [0.3, 0.4) is 0 Å². The number of carbonyl (C=O) groups excluding carboxylic acids is 1. The normalized spacial score (nSPS) is 11.2. The standard InChI is InChI=1S/C19H18N2O2/c1-2-8-19(22)23-21-17-12-7-6-11-16(17)20-18(21)14-13-15-9-4-3-5-10-15/h3-7,9-14H,2,8H2,1H3. The molecule has 1 heterocycles. The van der Waals surface area contributed by atoms with Crippen LogP contribution in [-0.4, -0.2) is 15.7 Å². The molecule has 0 bridgehead atoms. The number of hydrogen-bond acceptors (Lipinski definition) is 3. The first-order valence-corrected chi connectivity index (χ1v) is 7.69. The molecule has 116 valence electrons. The fraction of sp³-hybridized carbons (Fsp3) is 0.158. The van der Waals surface area contributed by atoms with Crippen molar-refractivity contribution in [1.82, 2.24) is 9.71 Å². The molecule has 4 heteroatoms. The Balaban J connectivity index is 1.98. The lowest BCUT2D eigenvalue weighted by atomic mass is 10.2. The third-order valence-electron chi connectivity index (χ3n) is 3.42. The van der Waals surface area contributed by atoms with E-state index in [1.54, 1.807) is 0 Å². The zero-order valence-electron chi connectivity index (χ0n) is 13.0. The van der Waals surface area contributed by atoms with Crippen molar-refractivity contribution in [2.75, 3.05) is 0 Å². The molecule has 2 aromatic carbocycles. The van der Waals surface area contributed by atoms with Gasteiger partial charge in [0.05, 0.1) is 5.52 Å². The molecule has 0 aliphatic heterocycles. The Labute approximate surface area is 135 Å². The van der Waals surface area contributed by atoms with Gasteiger partial charge in [0.25, 0.3) is 0 Å². The first kappa shape index (κ1) is 15.0. The number of hydrogen-bond donors (Lipinski definition) is 0. The molecule has 0 saturated carbocycles. The molecular weight excluding hydrogens is 288 g/mol. The molecule has 3 rings (SSSR count). The Kier molecular flexibility index (Phi) is 4.52. The minimum atomic E-state index is -0.259. The number of para-hydroxylation sites is 2. The lowest BCUT2D eigenvalue weighted by Crippen LogP contribution is -2.20. The van der Waals surface area contributed by atoms with Gasteiger partial charge >= 0.3 is 5.97 Å². The van der Waals surface area contributed by atoms with Crippen LogP contribution in [0.5, 0.6) is 0 Å². The summed E-state index contributed by atoms with van der Waals surface area (Å²) in [5, 5.41) is 0. The highest BCUT2D eigenvalue weighted by atomic mass is 16.7. The maximum atomic E-state index is 11.9. The minimum Gasteiger partial charge on any atom is -0.334 e. The van der Waals surface area contributed by atoms with Crippen LogP contribution in [0.15, 0.2) is 54.6 Å². The van der Waals surface area contributed by atoms with E-state index >= 15 is 0 Å². The Morgan fingerprint density at radius 2 is 1.83 bits per heavy atom. The van der Waals surface area contributed by atoms with Crippen molar-refractivity contribution < 1.29 is 9.63 Å². The van der Waals surface area contributed by atoms with Crippen LogP contribution >= 0.6 is 0 Å². The molecule has 4 nitrogen and oxygen atoms in total. The predicted octanol–water partition coefficient (Wildman–Crippen LogP) is 3.96. The fourth-order valence-electron chi connectivity index (χ4n) is 2.31. The Bertz CT molecular complexity index is 835. The van der Waals surface area contributed by atoms with Crippen LogP contribution < -0.4 is 4.84 Å². The highest BCUT2D eigenvalue weighted by molar-refractivity contribution is 5.80. The number of imidazole rings is 1. The quantitative estimate of drug-likeness (QED) is 0.716. The Hall–Kier alpha value is -2.88. The van der Waals surface area contributed by atoms with Gasteiger partial charge in [0.2, 0.25) is 0 Å². The van der Waals surface area contributed by atoms with E-state index in [9.17, 15) is 4.79 Å². The minimum absolute atomic E-state index is 0.259. The van der Waals surface area contributed by atoms with Gasteiger partial charge in [-0.15, -0.1) is 0 Å². The summed E-state index contributed by atoms with van der Waals surface area (Å²) in [4.78, 5) is 21.9. The average molecular weight is 306 g/mol. The van der Waals surface area contributed by atoms with E-state index in [1.165, 1.54) is 4.73 Å². The third-order valence-corrected chi connectivity index (χ3v) is 3.42. The molecular formula is C19H18N2O2. The summed E-state index contributed by atoms with van der Waals surface area (Å²) in [6, 6.07) is 17.5. The first-order chi connectivity index (χ1) is 11.3. The zero-order chi connectivity index (χ0) is 16.1. The second-order valence-electron chi connectivity index (χ2n) is 5.21. The SMILES string of the molecule is CCCC(=O)On1c(C=Cc2ccccc2)nc2ccccc21. The van der Waals surface area contributed by atoms with Gasteiger partial charge in [-0.1, -0.05) is 55.5 Å². The summed E-state index contributed by atoms with van der Waals surface area (Å²) < 4.78 is 1.51. The van der Waals surface area contributed by atoms with Crippen LogP contribution in [0, 0.1) is 0 Å². The molecule has 0 saturated heterocycles. The van der Waals surface area contributed by atoms with Crippen molar-refractivity contribution >= 4 is 29.2 Å². The molecule has 0 unspecified atom stereocenters. The summed E-state index contributed by atoms with van der Waals surface area (Å²) in [7, 11) is 0. The van der Waals surface area contributed by atoms with Gasteiger partial charge < -0.3 is 4.84 Å². The van der Waals surface area contributed by atoms with Gasteiger partial charge in [0, 0.05) is 6.42 Å². The molecule has 3 aromatic rings. The molecule has 1 aromatic heterocycles. The molecule has 0 aliphatic rings. The van der Waals surface area contributed by atoms with Gasteiger partial charge in [-0.25, -0.2) is 9.78 Å². The van der Waals surface area contributed by atoms with E-state index in [0.29, 0.717) is 12.2 Å². The number of fused-ring (bicyclic) bond motifs is 1. The molecule has 0 fully saturated rings. The zero-order valence-corrected chi connectivity index (χ0v) is 13.0. The number of nitrogens with zero attached hydrogens (tertiary/aromatic N) is 2. The van der Waals surface area contributed by atoms with Crippen molar-refractivity contribution in [3.8, 4) is 0 Å². The van der Waals surface area contributed by atoms with E-state index in [-0.39, 0.29) is 5.97 Å². The van der Waals surface area contributed by atoms with E-state index in [2.05, 4.69) is 4.98 Å². The topological polar surface area (TPSA) is 44.1 Å². The lowest BCUT2D eigenvalue weighted by Gasteiger charge is -2.06. The Morgan fingerprint density at radius 1 is 1.09 bits per heavy atom.